The van der Waals surface area contributed by atoms with E-state index < -0.39 is 35.1 Å². The van der Waals surface area contributed by atoms with Crippen LogP contribution in [0.2, 0.25) is 0 Å². The summed E-state index contributed by atoms with van der Waals surface area (Å²) in [7, 11) is 1.55. The Morgan fingerprint density at radius 3 is 2.48 bits per heavy atom. The van der Waals surface area contributed by atoms with E-state index >= 15 is 0 Å². The Bertz CT molecular complexity index is 668. The molecule has 0 aliphatic carbocycles. The van der Waals surface area contributed by atoms with Gasteiger partial charge in [0.05, 0.1) is 30.1 Å². The molecule has 8 nitrogen and oxygen atoms in total. The van der Waals surface area contributed by atoms with E-state index in [9.17, 15) is 19.5 Å². The van der Waals surface area contributed by atoms with E-state index in [1.54, 1.807) is 14.0 Å². The Kier molecular flexibility index (Phi) is 4.79. The Morgan fingerprint density at radius 2 is 1.96 bits per heavy atom. The molecule has 1 spiro atoms. The summed E-state index contributed by atoms with van der Waals surface area (Å²) >= 11 is 0. The third kappa shape index (κ3) is 2.52. The summed E-state index contributed by atoms with van der Waals surface area (Å²) in [5.41, 5.74) is -1.85. The minimum atomic E-state index is -1.05. The number of carbonyl (C=O) groups is 3. The van der Waals surface area contributed by atoms with Gasteiger partial charge < -0.3 is 25.4 Å². The Hall–Kier alpha value is -1.67. The van der Waals surface area contributed by atoms with Crippen LogP contribution >= 0.6 is 0 Å². The largest absolute Gasteiger partial charge is 0.394 e. The van der Waals surface area contributed by atoms with Crippen LogP contribution in [0.25, 0.3) is 0 Å². The second-order valence-electron chi connectivity index (χ2n) is 8.76. The zero-order valence-corrected chi connectivity index (χ0v) is 16.9. The number of nitrogens with one attached hydrogen (secondary N) is 2. The van der Waals surface area contributed by atoms with Crippen LogP contribution in [0.15, 0.2) is 0 Å². The number of rotatable bonds is 5. The van der Waals surface area contributed by atoms with Crippen molar-refractivity contribution in [3.63, 3.8) is 0 Å². The van der Waals surface area contributed by atoms with Gasteiger partial charge in [-0.2, -0.15) is 0 Å². The summed E-state index contributed by atoms with van der Waals surface area (Å²) in [4.78, 5) is 40.7. The lowest BCUT2D eigenvalue weighted by Gasteiger charge is -2.36. The molecule has 0 aromatic rings. The number of likely N-dealkylation sites (tertiary alicyclic amines) is 1. The molecule has 3 aliphatic heterocycles. The third-order valence-electron chi connectivity index (χ3n) is 6.70. The Labute approximate surface area is 160 Å². The lowest BCUT2D eigenvalue weighted by molar-refractivity contribution is -0.150. The smallest absolute Gasteiger partial charge is 0.246 e. The van der Waals surface area contributed by atoms with Gasteiger partial charge in [0.1, 0.15) is 11.6 Å². The van der Waals surface area contributed by atoms with E-state index in [1.165, 1.54) is 4.90 Å². The average molecular weight is 381 g/mol. The molecule has 0 radical (unpaired) electrons. The Morgan fingerprint density at radius 1 is 1.33 bits per heavy atom. The molecule has 2 bridgehead atoms. The van der Waals surface area contributed by atoms with E-state index in [0.717, 1.165) is 0 Å². The van der Waals surface area contributed by atoms with Crippen LogP contribution < -0.4 is 10.6 Å². The van der Waals surface area contributed by atoms with Crippen molar-refractivity contribution in [2.75, 3.05) is 13.7 Å². The molecule has 3 N–H and O–H groups in total. The van der Waals surface area contributed by atoms with Crippen LogP contribution in [-0.4, -0.2) is 70.7 Å². The minimum Gasteiger partial charge on any atom is -0.394 e. The van der Waals surface area contributed by atoms with E-state index in [0.29, 0.717) is 6.42 Å². The molecule has 3 unspecified atom stereocenters. The van der Waals surface area contributed by atoms with Gasteiger partial charge in [-0.3, -0.25) is 14.4 Å². The second-order valence-corrected chi connectivity index (χ2v) is 8.76. The summed E-state index contributed by atoms with van der Waals surface area (Å²) in [6.45, 7) is 9.02. The standard InChI is InChI=1S/C19H31N3O5/c1-9(2)21-16(25)14-19-7-10(3)18(5,27-19)12(15(24)20-6)13(19)17(26)22(14)11(4)8-23/h9-14,23H,7-8H2,1-6H3,(H,20,24)(H,21,25)/t10?,11-,12-,13+,14?,18+,19?/m1/s1. The molecule has 3 aliphatic rings. The van der Waals surface area contributed by atoms with Crippen molar-refractivity contribution in [1.82, 2.24) is 15.5 Å². The topological polar surface area (TPSA) is 108 Å². The van der Waals surface area contributed by atoms with E-state index in [-0.39, 0.29) is 36.3 Å². The molecule has 7 atom stereocenters. The van der Waals surface area contributed by atoms with Crippen molar-refractivity contribution >= 4 is 17.7 Å². The highest BCUT2D eigenvalue weighted by Gasteiger charge is 2.80. The monoisotopic (exact) mass is 381 g/mol. The summed E-state index contributed by atoms with van der Waals surface area (Å²) in [5, 5.41) is 15.3. The summed E-state index contributed by atoms with van der Waals surface area (Å²) in [6.07, 6.45) is 0.526. The van der Waals surface area contributed by atoms with Crippen LogP contribution in [-0.2, 0) is 19.1 Å². The van der Waals surface area contributed by atoms with Crippen LogP contribution in [0.5, 0.6) is 0 Å². The average Bonchev–Trinajstić information content (AvgIpc) is 3.10. The first-order valence-corrected chi connectivity index (χ1v) is 9.70. The molecule has 3 heterocycles. The maximum absolute atomic E-state index is 13.4. The fourth-order valence-electron chi connectivity index (χ4n) is 5.46. The first-order chi connectivity index (χ1) is 12.5. The first kappa shape index (κ1) is 20.1. The van der Waals surface area contributed by atoms with Crippen LogP contribution in [0, 0.1) is 17.8 Å². The summed E-state index contributed by atoms with van der Waals surface area (Å²) < 4.78 is 6.46. The van der Waals surface area contributed by atoms with Crippen LogP contribution in [0.4, 0.5) is 0 Å². The maximum atomic E-state index is 13.4. The van der Waals surface area contributed by atoms with Crippen LogP contribution in [0.1, 0.15) is 41.0 Å². The molecule has 0 aromatic carbocycles. The van der Waals surface area contributed by atoms with Gasteiger partial charge in [-0.05, 0) is 40.0 Å². The van der Waals surface area contributed by atoms with Gasteiger partial charge in [-0.25, -0.2) is 0 Å². The number of nitrogens with zero attached hydrogens (tertiary/aromatic N) is 1. The van der Waals surface area contributed by atoms with Crippen molar-refractivity contribution in [3.8, 4) is 0 Å². The normalized spacial score (nSPS) is 41.0. The SMILES string of the molecule is CNC(=O)[C@H]1[C@H]2C(=O)N([C@H](C)CO)C(C(=O)NC(C)C)C23CC(C)[C@]1(C)O3. The lowest BCUT2D eigenvalue weighted by Crippen LogP contribution is -2.58. The molecule has 3 rings (SSSR count). The maximum Gasteiger partial charge on any atom is 0.246 e. The van der Waals surface area contributed by atoms with Crippen molar-refractivity contribution in [3.05, 3.63) is 0 Å². The van der Waals surface area contributed by atoms with E-state index in [2.05, 4.69) is 10.6 Å². The molecule has 3 saturated heterocycles. The summed E-state index contributed by atoms with van der Waals surface area (Å²) in [5.74, 6) is -2.20. The number of carbonyl (C=O) groups excluding carboxylic acids is 3. The second kappa shape index (κ2) is 6.44. The molecular formula is C19H31N3O5. The molecule has 152 valence electrons. The molecule has 3 fully saturated rings. The van der Waals surface area contributed by atoms with Crippen LogP contribution in [0.3, 0.4) is 0 Å². The molecule has 8 heteroatoms. The first-order valence-electron chi connectivity index (χ1n) is 9.70. The number of amides is 3. The molecule has 3 amide bonds. The van der Waals surface area contributed by atoms with Gasteiger partial charge in [-0.15, -0.1) is 0 Å². The quantitative estimate of drug-likeness (QED) is 0.603. The van der Waals surface area contributed by atoms with Gasteiger partial charge in [-0.1, -0.05) is 6.92 Å². The predicted molar refractivity (Wildman–Crippen MR) is 97.5 cm³/mol. The number of aliphatic hydroxyl groups is 1. The minimum absolute atomic E-state index is 0.0163. The highest BCUT2D eigenvalue weighted by atomic mass is 16.5. The van der Waals surface area contributed by atoms with Gasteiger partial charge in [0, 0.05) is 13.1 Å². The van der Waals surface area contributed by atoms with Crippen molar-refractivity contribution in [2.45, 2.75) is 70.4 Å². The van der Waals surface area contributed by atoms with Gasteiger partial charge >= 0.3 is 0 Å². The Balaban J connectivity index is 2.14. The predicted octanol–water partition coefficient (Wildman–Crippen LogP) is -0.351. The fourth-order valence-corrected chi connectivity index (χ4v) is 5.46. The third-order valence-corrected chi connectivity index (χ3v) is 6.70. The zero-order chi connectivity index (χ0) is 20.3. The molecule has 0 saturated carbocycles. The highest BCUT2D eigenvalue weighted by molar-refractivity contribution is 5.99. The number of aliphatic hydroxyl groups excluding tert-OH is 1. The van der Waals surface area contributed by atoms with E-state index in [4.69, 9.17) is 4.74 Å². The molecule has 27 heavy (non-hydrogen) atoms. The van der Waals surface area contributed by atoms with Crippen molar-refractivity contribution < 1.29 is 24.2 Å². The number of fused-ring (bicyclic) bond motifs is 1. The number of hydrogen-bond acceptors (Lipinski definition) is 5. The van der Waals surface area contributed by atoms with Gasteiger partial charge in [0.2, 0.25) is 17.7 Å². The van der Waals surface area contributed by atoms with Gasteiger partial charge in [0.15, 0.2) is 0 Å². The van der Waals surface area contributed by atoms with Crippen molar-refractivity contribution in [2.24, 2.45) is 17.8 Å². The highest BCUT2D eigenvalue weighted by Crippen LogP contribution is 2.65. The fraction of sp³-hybridized carbons (Fsp3) is 0.842. The van der Waals surface area contributed by atoms with Gasteiger partial charge in [0.25, 0.3) is 0 Å². The number of hydrogen-bond donors (Lipinski definition) is 3. The van der Waals surface area contributed by atoms with Crippen molar-refractivity contribution in [1.29, 1.82) is 0 Å². The zero-order valence-electron chi connectivity index (χ0n) is 16.9. The summed E-state index contributed by atoms with van der Waals surface area (Å²) in [6, 6.07) is -1.51. The number of ether oxygens (including phenoxy) is 1. The molecular weight excluding hydrogens is 350 g/mol. The molecule has 0 aromatic heterocycles. The van der Waals surface area contributed by atoms with E-state index in [1.807, 2.05) is 27.7 Å². The lowest BCUT2D eigenvalue weighted by atomic mass is 9.62.